The molecule has 0 saturated carbocycles. The maximum atomic E-state index is 12.5. The number of aromatic amines is 1. The van der Waals surface area contributed by atoms with Gasteiger partial charge in [0.25, 0.3) is 5.91 Å². The Kier molecular flexibility index (Phi) is 4.97. The standard InChI is InChI=1S/C18H14Cl2N2O3/c1-2-25-18(24)16-15(22-17(23)10-6-4-3-5-7-10)12-8-11(19)9-13(20)14(12)21-16/h3-9,21H,2H2,1H3,(H,22,23). The van der Waals surface area contributed by atoms with Crippen molar-refractivity contribution in [1.29, 1.82) is 0 Å². The molecule has 0 radical (unpaired) electrons. The number of H-pyrrole nitrogens is 1. The fourth-order valence-corrected chi connectivity index (χ4v) is 3.02. The van der Waals surface area contributed by atoms with Gasteiger partial charge in [-0.05, 0) is 31.2 Å². The van der Waals surface area contributed by atoms with E-state index in [1.807, 2.05) is 6.07 Å². The van der Waals surface area contributed by atoms with Crippen molar-refractivity contribution >= 4 is 51.7 Å². The lowest BCUT2D eigenvalue weighted by molar-refractivity contribution is 0.0522. The quantitative estimate of drug-likeness (QED) is 0.635. The molecule has 1 heterocycles. The van der Waals surface area contributed by atoms with Crippen LogP contribution in [0.1, 0.15) is 27.8 Å². The van der Waals surface area contributed by atoms with Crippen LogP contribution >= 0.6 is 23.2 Å². The molecule has 0 bridgehead atoms. The molecule has 2 N–H and O–H groups in total. The van der Waals surface area contributed by atoms with Gasteiger partial charge in [-0.15, -0.1) is 0 Å². The third kappa shape index (κ3) is 3.48. The van der Waals surface area contributed by atoms with Crippen LogP contribution in [0.4, 0.5) is 5.69 Å². The SMILES string of the molecule is CCOC(=O)c1[nH]c2c(Cl)cc(Cl)cc2c1NC(=O)c1ccccc1. The number of anilines is 1. The minimum atomic E-state index is -0.589. The number of amides is 1. The second-order valence-corrected chi connectivity index (χ2v) is 6.07. The number of rotatable bonds is 4. The lowest BCUT2D eigenvalue weighted by atomic mass is 10.2. The molecule has 3 aromatic rings. The third-order valence-corrected chi connectivity index (χ3v) is 4.09. The molecule has 5 nitrogen and oxygen atoms in total. The largest absolute Gasteiger partial charge is 0.461 e. The summed E-state index contributed by atoms with van der Waals surface area (Å²) in [6, 6.07) is 11.9. The van der Waals surface area contributed by atoms with Crippen molar-refractivity contribution in [3.8, 4) is 0 Å². The van der Waals surface area contributed by atoms with E-state index >= 15 is 0 Å². The molecule has 0 fully saturated rings. The highest BCUT2D eigenvalue weighted by Crippen LogP contribution is 2.35. The summed E-state index contributed by atoms with van der Waals surface area (Å²) >= 11 is 12.3. The molecule has 0 aliphatic heterocycles. The fraction of sp³-hybridized carbons (Fsp3) is 0.111. The Labute approximate surface area is 153 Å². The zero-order valence-corrected chi connectivity index (χ0v) is 14.7. The van der Waals surface area contributed by atoms with Gasteiger partial charge >= 0.3 is 5.97 Å². The molecule has 25 heavy (non-hydrogen) atoms. The molecule has 0 saturated heterocycles. The molecule has 0 spiro atoms. The van der Waals surface area contributed by atoms with Crippen molar-refractivity contribution < 1.29 is 14.3 Å². The minimum Gasteiger partial charge on any atom is -0.461 e. The van der Waals surface area contributed by atoms with Gasteiger partial charge in [-0.3, -0.25) is 4.79 Å². The number of halogens is 2. The Balaban J connectivity index is 2.12. The van der Waals surface area contributed by atoms with E-state index in [2.05, 4.69) is 10.3 Å². The smallest absolute Gasteiger partial charge is 0.356 e. The van der Waals surface area contributed by atoms with Crippen molar-refractivity contribution in [1.82, 2.24) is 4.98 Å². The van der Waals surface area contributed by atoms with Crippen LogP contribution in [-0.4, -0.2) is 23.5 Å². The molecular weight excluding hydrogens is 363 g/mol. The molecule has 1 amide bonds. The number of fused-ring (bicyclic) bond motifs is 1. The average molecular weight is 377 g/mol. The van der Waals surface area contributed by atoms with E-state index in [9.17, 15) is 9.59 Å². The number of hydrogen-bond donors (Lipinski definition) is 2. The summed E-state index contributed by atoms with van der Waals surface area (Å²) in [5.41, 5.74) is 1.36. The first-order valence-electron chi connectivity index (χ1n) is 7.55. The van der Waals surface area contributed by atoms with Gasteiger partial charge in [-0.1, -0.05) is 41.4 Å². The summed E-state index contributed by atoms with van der Waals surface area (Å²) in [5, 5.41) is 4.02. The van der Waals surface area contributed by atoms with Crippen molar-refractivity contribution in [2.45, 2.75) is 6.92 Å². The molecule has 0 aliphatic carbocycles. The summed E-state index contributed by atoms with van der Waals surface area (Å²) in [5.74, 6) is -0.947. The summed E-state index contributed by atoms with van der Waals surface area (Å²) < 4.78 is 5.06. The molecule has 3 rings (SSSR count). The topological polar surface area (TPSA) is 71.2 Å². The highest BCUT2D eigenvalue weighted by atomic mass is 35.5. The first-order chi connectivity index (χ1) is 12.0. The molecule has 0 aliphatic rings. The van der Waals surface area contributed by atoms with Gasteiger partial charge in [-0.25, -0.2) is 4.79 Å². The number of nitrogens with one attached hydrogen (secondary N) is 2. The number of hydrogen-bond acceptors (Lipinski definition) is 3. The van der Waals surface area contributed by atoms with Gasteiger partial charge in [0.15, 0.2) is 0 Å². The van der Waals surface area contributed by atoms with Crippen LogP contribution in [0.25, 0.3) is 10.9 Å². The van der Waals surface area contributed by atoms with Gasteiger partial charge in [0.05, 0.1) is 22.8 Å². The second-order valence-electron chi connectivity index (χ2n) is 5.23. The predicted octanol–water partition coefficient (Wildman–Crippen LogP) is 4.90. The van der Waals surface area contributed by atoms with E-state index in [1.54, 1.807) is 43.3 Å². The van der Waals surface area contributed by atoms with E-state index in [1.165, 1.54) is 0 Å². The zero-order chi connectivity index (χ0) is 18.0. The minimum absolute atomic E-state index is 0.116. The van der Waals surface area contributed by atoms with Crippen molar-refractivity contribution in [2.24, 2.45) is 0 Å². The monoisotopic (exact) mass is 376 g/mol. The molecule has 0 atom stereocenters. The van der Waals surface area contributed by atoms with Crippen LogP contribution in [0.2, 0.25) is 10.0 Å². The van der Waals surface area contributed by atoms with E-state index in [4.69, 9.17) is 27.9 Å². The molecule has 2 aromatic carbocycles. The number of aromatic nitrogens is 1. The Hall–Kier alpha value is -2.50. The second kappa shape index (κ2) is 7.17. The van der Waals surface area contributed by atoms with Gasteiger partial charge in [0, 0.05) is 16.0 Å². The average Bonchev–Trinajstić information content (AvgIpc) is 2.95. The van der Waals surface area contributed by atoms with Crippen LogP contribution < -0.4 is 5.32 Å². The summed E-state index contributed by atoms with van der Waals surface area (Å²) in [6.07, 6.45) is 0. The van der Waals surface area contributed by atoms with E-state index < -0.39 is 5.97 Å². The van der Waals surface area contributed by atoms with Gasteiger partial charge in [-0.2, -0.15) is 0 Å². The number of benzene rings is 2. The number of carbonyl (C=O) groups is 2. The van der Waals surface area contributed by atoms with Crippen molar-refractivity contribution in [2.75, 3.05) is 11.9 Å². The molecule has 128 valence electrons. The lowest BCUT2D eigenvalue weighted by Crippen LogP contribution is -2.15. The fourth-order valence-electron chi connectivity index (χ4n) is 2.48. The lowest BCUT2D eigenvalue weighted by Gasteiger charge is -2.07. The predicted molar refractivity (Wildman–Crippen MR) is 98.7 cm³/mol. The Morgan fingerprint density at radius 1 is 1.16 bits per heavy atom. The van der Waals surface area contributed by atoms with E-state index in [0.717, 1.165) is 0 Å². The van der Waals surface area contributed by atoms with Gasteiger partial charge < -0.3 is 15.0 Å². The number of carbonyl (C=O) groups excluding carboxylic acids is 2. The van der Waals surface area contributed by atoms with Crippen molar-refractivity contribution in [3.05, 3.63) is 63.8 Å². The van der Waals surface area contributed by atoms with Crippen LogP contribution in [0.5, 0.6) is 0 Å². The number of ether oxygens (including phenoxy) is 1. The summed E-state index contributed by atoms with van der Waals surface area (Å²) in [7, 11) is 0. The number of esters is 1. The molecular formula is C18H14Cl2N2O3. The van der Waals surface area contributed by atoms with Crippen LogP contribution in [-0.2, 0) is 4.74 Å². The summed E-state index contributed by atoms with van der Waals surface area (Å²) in [6.45, 7) is 1.90. The highest BCUT2D eigenvalue weighted by Gasteiger charge is 2.22. The van der Waals surface area contributed by atoms with Gasteiger partial charge in [0.1, 0.15) is 5.69 Å². The van der Waals surface area contributed by atoms with Crippen LogP contribution in [0, 0.1) is 0 Å². The molecule has 1 aromatic heterocycles. The molecule has 7 heteroatoms. The van der Waals surface area contributed by atoms with E-state index in [-0.39, 0.29) is 23.9 Å². The first-order valence-corrected chi connectivity index (χ1v) is 8.31. The maximum Gasteiger partial charge on any atom is 0.356 e. The Bertz CT molecular complexity index is 952. The van der Waals surface area contributed by atoms with Gasteiger partial charge in [0.2, 0.25) is 0 Å². The third-order valence-electron chi connectivity index (χ3n) is 3.58. The normalized spacial score (nSPS) is 10.7. The Morgan fingerprint density at radius 2 is 1.88 bits per heavy atom. The van der Waals surface area contributed by atoms with Crippen LogP contribution in [0.3, 0.4) is 0 Å². The molecule has 0 unspecified atom stereocenters. The highest BCUT2D eigenvalue weighted by molar-refractivity contribution is 6.39. The van der Waals surface area contributed by atoms with Crippen LogP contribution in [0.15, 0.2) is 42.5 Å². The van der Waals surface area contributed by atoms with E-state index in [0.29, 0.717) is 26.5 Å². The van der Waals surface area contributed by atoms with Crippen molar-refractivity contribution in [3.63, 3.8) is 0 Å². The summed E-state index contributed by atoms with van der Waals surface area (Å²) in [4.78, 5) is 27.7. The first kappa shape index (κ1) is 17.3. The zero-order valence-electron chi connectivity index (χ0n) is 13.2. The maximum absolute atomic E-state index is 12.5. The Morgan fingerprint density at radius 3 is 2.56 bits per heavy atom.